The van der Waals surface area contributed by atoms with Crippen LogP contribution in [0.15, 0.2) is 0 Å². The molecule has 4 heteroatoms. The summed E-state index contributed by atoms with van der Waals surface area (Å²) in [7, 11) is 0. The van der Waals surface area contributed by atoms with Gasteiger partial charge in [-0.25, -0.2) is 0 Å². The van der Waals surface area contributed by atoms with Crippen LogP contribution in [0.2, 0.25) is 0 Å². The molecule has 0 aliphatic heterocycles. The van der Waals surface area contributed by atoms with Crippen molar-refractivity contribution in [3.8, 4) is 0 Å². The third-order valence-electron chi connectivity index (χ3n) is 2.32. The predicted octanol–water partition coefficient (Wildman–Crippen LogP) is 0.783. The molecular weight excluding hydrogens is 192 g/mol. The minimum atomic E-state index is -0.354. The second-order valence-corrected chi connectivity index (χ2v) is 3.82. The molecular formula is C11H24N2O2. The lowest BCUT2D eigenvalue weighted by molar-refractivity contribution is -0.122. The molecule has 0 spiro atoms. The van der Waals surface area contributed by atoms with Crippen LogP contribution in [-0.2, 0) is 4.79 Å². The minimum absolute atomic E-state index is 0.0426. The maximum absolute atomic E-state index is 11.3. The van der Waals surface area contributed by atoms with Gasteiger partial charge in [-0.15, -0.1) is 0 Å². The summed E-state index contributed by atoms with van der Waals surface area (Å²) in [6.45, 7) is 2.97. The van der Waals surface area contributed by atoms with Gasteiger partial charge < -0.3 is 16.2 Å². The van der Waals surface area contributed by atoms with E-state index in [9.17, 15) is 4.79 Å². The van der Waals surface area contributed by atoms with E-state index >= 15 is 0 Å². The number of carbonyl (C=O) groups excluding carboxylic acids is 1. The van der Waals surface area contributed by atoms with Crippen LogP contribution in [0.25, 0.3) is 0 Å². The van der Waals surface area contributed by atoms with Gasteiger partial charge >= 0.3 is 0 Å². The van der Waals surface area contributed by atoms with E-state index in [-0.39, 0.29) is 18.6 Å². The topological polar surface area (TPSA) is 75.4 Å². The molecule has 0 aromatic carbocycles. The fourth-order valence-electron chi connectivity index (χ4n) is 1.38. The Morgan fingerprint density at radius 1 is 1.33 bits per heavy atom. The first-order valence-electron chi connectivity index (χ1n) is 5.86. The molecule has 0 aromatic heterocycles. The fraction of sp³-hybridized carbons (Fsp3) is 0.909. The first-order chi connectivity index (χ1) is 7.22. The molecule has 0 radical (unpaired) electrons. The normalized spacial score (nSPS) is 12.5. The van der Waals surface area contributed by atoms with Crippen LogP contribution in [0.3, 0.4) is 0 Å². The Hall–Kier alpha value is -0.610. The van der Waals surface area contributed by atoms with E-state index in [1.165, 1.54) is 0 Å². The number of nitrogens with one attached hydrogen (secondary N) is 1. The van der Waals surface area contributed by atoms with Gasteiger partial charge in [0.2, 0.25) is 5.91 Å². The van der Waals surface area contributed by atoms with Crippen LogP contribution in [0.1, 0.15) is 45.4 Å². The molecule has 0 rings (SSSR count). The van der Waals surface area contributed by atoms with Crippen molar-refractivity contribution in [3.63, 3.8) is 0 Å². The van der Waals surface area contributed by atoms with Crippen LogP contribution in [0, 0.1) is 0 Å². The molecule has 15 heavy (non-hydrogen) atoms. The third-order valence-corrected chi connectivity index (χ3v) is 2.32. The summed E-state index contributed by atoms with van der Waals surface area (Å²) in [6.07, 6.45) is 5.56. The molecule has 0 saturated carbocycles. The molecule has 1 amide bonds. The van der Waals surface area contributed by atoms with Crippen molar-refractivity contribution >= 4 is 5.91 Å². The number of nitrogens with two attached hydrogens (primary N) is 1. The Bertz CT molecular complexity index is 163. The zero-order chi connectivity index (χ0) is 11.5. The van der Waals surface area contributed by atoms with Gasteiger partial charge in [-0.3, -0.25) is 4.79 Å². The van der Waals surface area contributed by atoms with Crippen molar-refractivity contribution in [2.45, 2.75) is 51.5 Å². The van der Waals surface area contributed by atoms with Crippen molar-refractivity contribution in [1.29, 1.82) is 0 Å². The van der Waals surface area contributed by atoms with Crippen molar-refractivity contribution in [3.05, 3.63) is 0 Å². The first-order valence-corrected chi connectivity index (χ1v) is 5.86. The van der Waals surface area contributed by atoms with Gasteiger partial charge in [0, 0.05) is 13.2 Å². The lowest BCUT2D eigenvalue weighted by Gasteiger charge is -2.10. The standard InChI is InChI=1S/C11H24N2O2/c1-2-7-10(12)11(15)13-8-5-3-4-6-9-14/h10,14H,2-9,12H2,1H3,(H,13,15). The average molecular weight is 216 g/mol. The zero-order valence-electron chi connectivity index (χ0n) is 9.67. The van der Waals surface area contributed by atoms with E-state index in [2.05, 4.69) is 5.32 Å². The summed E-state index contributed by atoms with van der Waals surface area (Å²) in [5.74, 6) is -0.0426. The molecule has 1 atom stereocenters. The van der Waals surface area contributed by atoms with Crippen LogP contribution in [-0.4, -0.2) is 30.2 Å². The van der Waals surface area contributed by atoms with E-state index in [0.29, 0.717) is 6.54 Å². The van der Waals surface area contributed by atoms with Gasteiger partial charge in [0.1, 0.15) is 0 Å². The number of amides is 1. The van der Waals surface area contributed by atoms with Crippen LogP contribution in [0.4, 0.5) is 0 Å². The third kappa shape index (κ3) is 8.39. The number of aliphatic hydroxyl groups is 1. The van der Waals surface area contributed by atoms with E-state index in [1.54, 1.807) is 0 Å². The van der Waals surface area contributed by atoms with Gasteiger partial charge in [0.15, 0.2) is 0 Å². The number of hydrogen-bond donors (Lipinski definition) is 3. The summed E-state index contributed by atoms with van der Waals surface area (Å²) < 4.78 is 0. The summed E-state index contributed by atoms with van der Waals surface area (Å²) in [5.41, 5.74) is 5.65. The molecule has 0 aliphatic rings. The molecule has 4 N–H and O–H groups in total. The highest BCUT2D eigenvalue weighted by atomic mass is 16.2. The number of unbranched alkanes of at least 4 members (excludes halogenated alkanes) is 3. The monoisotopic (exact) mass is 216 g/mol. The average Bonchev–Trinajstić information content (AvgIpc) is 2.23. The van der Waals surface area contributed by atoms with Crippen LogP contribution < -0.4 is 11.1 Å². The zero-order valence-corrected chi connectivity index (χ0v) is 9.67. The summed E-state index contributed by atoms with van der Waals surface area (Å²) in [4.78, 5) is 11.3. The maximum Gasteiger partial charge on any atom is 0.236 e. The fourth-order valence-corrected chi connectivity index (χ4v) is 1.38. The predicted molar refractivity (Wildman–Crippen MR) is 61.4 cm³/mol. The summed E-state index contributed by atoms with van der Waals surface area (Å²) in [5, 5.41) is 11.4. The maximum atomic E-state index is 11.3. The van der Waals surface area contributed by atoms with Crippen molar-refractivity contribution in [2.24, 2.45) is 5.73 Å². The smallest absolute Gasteiger partial charge is 0.236 e. The number of rotatable bonds is 9. The summed E-state index contributed by atoms with van der Waals surface area (Å²) >= 11 is 0. The second kappa shape index (κ2) is 9.93. The molecule has 0 heterocycles. The van der Waals surface area contributed by atoms with Crippen molar-refractivity contribution < 1.29 is 9.90 Å². The lowest BCUT2D eigenvalue weighted by atomic mass is 10.1. The molecule has 0 aromatic rings. The number of hydrogen-bond acceptors (Lipinski definition) is 3. The van der Waals surface area contributed by atoms with Crippen LogP contribution >= 0.6 is 0 Å². The molecule has 1 unspecified atom stereocenters. The van der Waals surface area contributed by atoms with E-state index in [0.717, 1.165) is 38.5 Å². The Kier molecular flexibility index (Phi) is 9.52. The Balaban J connectivity index is 3.30. The molecule has 4 nitrogen and oxygen atoms in total. The molecule has 0 saturated heterocycles. The molecule has 90 valence electrons. The highest BCUT2D eigenvalue weighted by molar-refractivity contribution is 5.81. The Morgan fingerprint density at radius 2 is 2.00 bits per heavy atom. The largest absolute Gasteiger partial charge is 0.396 e. The molecule has 0 aliphatic carbocycles. The van der Waals surface area contributed by atoms with Gasteiger partial charge in [0.25, 0.3) is 0 Å². The van der Waals surface area contributed by atoms with E-state index in [4.69, 9.17) is 10.8 Å². The Labute approximate surface area is 92.2 Å². The number of aliphatic hydroxyl groups excluding tert-OH is 1. The van der Waals surface area contributed by atoms with E-state index < -0.39 is 0 Å². The SMILES string of the molecule is CCCC(N)C(=O)NCCCCCCO. The second-order valence-electron chi connectivity index (χ2n) is 3.82. The quantitative estimate of drug-likeness (QED) is 0.499. The van der Waals surface area contributed by atoms with Crippen molar-refractivity contribution in [1.82, 2.24) is 5.32 Å². The van der Waals surface area contributed by atoms with Gasteiger partial charge in [-0.1, -0.05) is 26.2 Å². The highest BCUT2D eigenvalue weighted by Gasteiger charge is 2.10. The van der Waals surface area contributed by atoms with E-state index in [1.807, 2.05) is 6.92 Å². The molecule has 0 bridgehead atoms. The Morgan fingerprint density at radius 3 is 2.60 bits per heavy atom. The first kappa shape index (κ1) is 14.4. The number of carbonyl (C=O) groups is 1. The lowest BCUT2D eigenvalue weighted by Crippen LogP contribution is -2.40. The van der Waals surface area contributed by atoms with Crippen LogP contribution in [0.5, 0.6) is 0 Å². The highest BCUT2D eigenvalue weighted by Crippen LogP contribution is 1.98. The van der Waals surface area contributed by atoms with Gasteiger partial charge in [-0.2, -0.15) is 0 Å². The summed E-state index contributed by atoms with van der Waals surface area (Å²) in [6, 6.07) is -0.354. The molecule has 0 fully saturated rings. The van der Waals surface area contributed by atoms with Gasteiger partial charge in [0.05, 0.1) is 6.04 Å². The van der Waals surface area contributed by atoms with Crippen molar-refractivity contribution in [2.75, 3.05) is 13.2 Å². The minimum Gasteiger partial charge on any atom is -0.396 e. The van der Waals surface area contributed by atoms with Gasteiger partial charge in [-0.05, 0) is 19.3 Å².